The Kier molecular flexibility index (Phi) is 22.9. The second kappa shape index (κ2) is 24.1. The summed E-state index contributed by atoms with van der Waals surface area (Å²) in [5, 5.41) is 39.5. The quantitative estimate of drug-likeness (QED) is 0.0505. The SMILES string of the molecule is CCCCCCCCCCCCCC[N+](C)(CCCCO[C@@H]1O[C@H](CO)[C@@H](O)[C@H](O)[C@H]1O)CCCP(=O)(OCC)OCC. The van der Waals surface area contributed by atoms with E-state index in [1.54, 1.807) is 0 Å². The summed E-state index contributed by atoms with van der Waals surface area (Å²) in [4.78, 5) is 0. The molecule has 11 heteroatoms. The number of hydrogen-bond acceptors (Lipinski definition) is 9. The van der Waals surface area contributed by atoms with Crippen molar-refractivity contribution in [3.05, 3.63) is 0 Å². The van der Waals surface area contributed by atoms with Gasteiger partial charge in [-0.15, -0.1) is 0 Å². The number of nitrogens with zero attached hydrogens (tertiary/aromatic N) is 1. The predicted molar refractivity (Wildman–Crippen MR) is 171 cm³/mol. The number of quaternary nitrogens is 1. The molecule has 0 aromatic heterocycles. The topological polar surface area (TPSA) is 135 Å². The normalized spacial score (nSPS) is 24.3. The summed E-state index contributed by atoms with van der Waals surface area (Å²) in [7, 11) is -0.796. The van der Waals surface area contributed by atoms with Gasteiger partial charge in [0.05, 0.1) is 59.3 Å². The van der Waals surface area contributed by atoms with Crippen LogP contribution >= 0.6 is 7.60 Å². The first-order valence-electron chi connectivity index (χ1n) is 17.3. The van der Waals surface area contributed by atoms with Crippen molar-refractivity contribution >= 4 is 7.60 Å². The third kappa shape index (κ3) is 17.4. The third-order valence-electron chi connectivity index (χ3n) is 8.56. The Morgan fingerprint density at radius 3 is 1.67 bits per heavy atom. The van der Waals surface area contributed by atoms with E-state index in [0.717, 1.165) is 49.8 Å². The molecule has 0 aliphatic carbocycles. The number of ether oxygens (including phenoxy) is 2. The minimum Gasteiger partial charge on any atom is -0.394 e. The van der Waals surface area contributed by atoms with Gasteiger partial charge in [0.1, 0.15) is 24.4 Å². The Labute approximate surface area is 262 Å². The van der Waals surface area contributed by atoms with E-state index in [4.69, 9.17) is 18.5 Å². The van der Waals surface area contributed by atoms with E-state index in [-0.39, 0.29) is 0 Å². The largest absolute Gasteiger partial charge is 0.394 e. The summed E-state index contributed by atoms with van der Waals surface area (Å²) < 4.78 is 36.0. The molecule has 1 aliphatic heterocycles. The van der Waals surface area contributed by atoms with Crippen LogP contribution in [0.25, 0.3) is 0 Å². The number of aliphatic hydroxyl groups is 4. The van der Waals surface area contributed by atoms with E-state index in [2.05, 4.69) is 14.0 Å². The lowest BCUT2D eigenvalue weighted by Gasteiger charge is -2.39. The Morgan fingerprint density at radius 2 is 1.16 bits per heavy atom. The summed E-state index contributed by atoms with van der Waals surface area (Å²) in [6.07, 6.45) is 12.4. The molecule has 1 unspecified atom stereocenters. The van der Waals surface area contributed by atoms with Gasteiger partial charge in [0.2, 0.25) is 0 Å². The average molecular weight is 641 g/mol. The molecule has 6 atom stereocenters. The summed E-state index contributed by atoms with van der Waals surface area (Å²) in [5.41, 5.74) is 0. The van der Waals surface area contributed by atoms with Gasteiger partial charge < -0.3 is 43.4 Å². The van der Waals surface area contributed by atoms with Gasteiger partial charge in [-0.25, -0.2) is 0 Å². The van der Waals surface area contributed by atoms with Gasteiger partial charge in [-0.3, -0.25) is 4.57 Å². The fraction of sp³-hybridized carbons (Fsp3) is 1.00. The van der Waals surface area contributed by atoms with Crippen LogP contribution in [0, 0.1) is 0 Å². The summed E-state index contributed by atoms with van der Waals surface area (Å²) in [6.45, 7) is 9.41. The summed E-state index contributed by atoms with van der Waals surface area (Å²) in [6, 6.07) is 0. The molecule has 1 fully saturated rings. The fourth-order valence-electron chi connectivity index (χ4n) is 5.88. The van der Waals surface area contributed by atoms with Crippen LogP contribution in [0.4, 0.5) is 0 Å². The van der Waals surface area contributed by atoms with Gasteiger partial charge >= 0.3 is 7.60 Å². The average Bonchev–Trinajstić information content (AvgIpc) is 2.97. The molecule has 0 radical (unpaired) electrons. The van der Waals surface area contributed by atoms with Crippen LogP contribution in [-0.4, -0.2) is 115 Å². The van der Waals surface area contributed by atoms with Crippen LogP contribution < -0.4 is 0 Å². The fourth-order valence-corrected chi connectivity index (χ4v) is 7.52. The van der Waals surface area contributed by atoms with Gasteiger partial charge in [-0.1, -0.05) is 71.1 Å². The zero-order valence-electron chi connectivity index (χ0n) is 27.9. The Bertz CT molecular complexity index is 706. The van der Waals surface area contributed by atoms with Crippen molar-refractivity contribution in [2.75, 3.05) is 59.3 Å². The van der Waals surface area contributed by atoms with E-state index in [1.165, 1.54) is 70.6 Å². The highest BCUT2D eigenvalue weighted by Crippen LogP contribution is 2.48. The molecule has 1 saturated heterocycles. The van der Waals surface area contributed by atoms with Crippen LogP contribution in [0.5, 0.6) is 0 Å². The molecule has 1 heterocycles. The van der Waals surface area contributed by atoms with Crippen molar-refractivity contribution in [1.29, 1.82) is 0 Å². The molecular formula is C32H67NO9P+. The zero-order valence-corrected chi connectivity index (χ0v) is 28.8. The number of hydrogen-bond donors (Lipinski definition) is 4. The highest BCUT2D eigenvalue weighted by atomic mass is 31.2. The molecule has 258 valence electrons. The van der Waals surface area contributed by atoms with Crippen LogP contribution in [0.15, 0.2) is 0 Å². The maximum absolute atomic E-state index is 13.0. The van der Waals surface area contributed by atoms with Crippen molar-refractivity contribution in [3.63, 3.8) is 0 Å². The van der Waals surface area contributed by atoms with E-state index < -0.39 is 44.9 Å². The highest BCUT2D eigenvalue weighted by Gasteiger charge is 2.44. The van der Waals surface area contributed by atoms with Gasteiger partial charge in [-0.2, -0.15) is 0 Å². The molecule has 1 rings (SSSR count). The van der Waals surface area contributed by atoms with Crippen LogP contribution in [-0.2, 0) is 23.1 Å². The van der Waals surface area contributed by atoms with Crippen molar-refractivity contribution in [2.24, 2.45) is 0 Å². The summed E-state index contributed by atoms with van der Waals surface area (Å²) >= 11 is 0. The third-order valence-corrected chi connectivity index (χ3v) is 10.7. The number of aliphatic hydroxyl groups excluding tert-OH is 4. The lowest BCUT2D eigenvalue weighted by molar-refractivity contribution is -0.910. The second-order valence-corrected chi connectivity index (χ2v) is 14.7. The Balaban J connectivity index is 2.48. The molecule has 0 spiro atoms. The minimum atomic E-state index is -3.06. The standard InChI is InChI=1S/C32H67NO9P/c1-5-8-9-10-11-12-13-14-15-16-17-18-22-33(4,24-21-26-43(38,40-6-2)41-7-3)23-19-20-25-39-32-31(37)30(36)29(35)28(27-34)42-32/h28-32,34-37H,5-27H2,1-4H3/q+1/t28-,29-,30+,31-,32-,33?/m1/s1. The Morgan fingerprint density at radius 1 is 0.674 bits per heavy atom. The molecule has 0 aromatic rings. The molecule has 10 nitrogen and oxygen atoms in total. The van der Waals surface area contributed by atoms with Crippen molar-refractivity contribution in [1.82, 2.24) is 0 Å². The molecular weight excluding hydrogens is 573 g/mol. The van der Waals surface area contributed by atoms with Gasteiger partial charge in [0, 0.05) is 6.42 Å². The number of unbranched alkanes of at least 4 members (excludes halogenated alkanes) is 12. The molecule has 1 aliphatic rings. The van der Waals surface area contributed by atoms with Crippen molar-refractivity contribution in [2.45, 2.75) is 148 Å². The molecule has 4 N–H and O–H groups in total. The molecule has 0 aromatic carbocycles. The maximum atomic E-state index is 13.0. The van der Waals surface area contributed by atoms with Crippen molar-refractivity contribution in [3.8, 4) is 0 Å². The Hall–Kier alpha value is -0.130. The minimum absolute atomic E-state index is 0.325. The predicted octanol–water partition coefficient (Wildman–Crippen LogP) is 5.39. The number of rotatable bonds is 28. The molecule has 0 bridgehead atoms. The molecule has 0 amide bonds. The lowest BCUT2D eigenvalue weighted by Crippen LogP contribution is -2.59. The lowest BCUT2D eigenvalue weighted by atomic mass is 9.99. The zero-order chi connectivity index (χ0) is 32.0. The van der Waals surface area contributed by atoms with Gasteiger partial charge in [-0.05, 0) is 39.5 Å². The van der Waals surface area contributed by atoms with Gasteiger partial charge in [0.15, 0.2) is 6.29 Å². The molecule has 43 heavy (non-hydrogen) atoms. The van der Waals surface area contributed by atoms with Crippen LogP contribution in [0.3, 0.4) is 0 Å². The first kappa shape index (κ1) is 40.9. The first-order valence-corrected chi connectivity index (χ1v) is 19.0. The van der Waals surface area contributed by atoms with E-state index in [9.17, 15) is 25.0 Å². The second-order valence-electron chi connectivity index (χ2n) is 12.5. The van der Waals surface area contributed by atoms with E-state index >= 15 is 0 Å². The first-order chi connectivity index (χ1) is 20.6. The highest BCUT2D eigenvalue weighted by molar-refractivity contribution is 7.53. The monoisotopic (exact) mass is 640 g/mol. The van der Waals surface area contributed by atoms with Crippen LogP contribution in [0.2, 0.25) is 0 Å². The van der Waals surface area contributed by atoms with E-state index in [1.807, 2.05) is 13.8 Å². The molecule has 0 saturated carbocycles. The maximum Gasteiger partial charge on any atom is 0.330 e. The smallest absolute Gasteiger partial charge is 0.330 e. The van der Waals surface area contributed by atoms with Crippen LogP contribution in [0.1, 0.15) is 117 Å². The van der Waals surface area contributed by atoms with Crippen molar-refractivity contribution < 1.29 is 48.0 Å². The summed E-state index contributed by atoms with van der Waals surface area (Å²) in [5.74, 6) is 0. The van der Waals surface area contributed by atoms with Gasteiger partial charge in [0.25, 0.3) is 0 Å². The van der Waals surface area contributed by atoms with E-state index in [0.29, 0.717) is 26.0 Å².